The first-order valence-electron chi connectivity index (χ1n) is 6.10. The second-order valence-corrected chi connectivity index (χ2v) is 4.30. The Kier molecular flexibility index (Phi) is 6.20. The van der Waals surface area contributed by atoms with Gasteiger partial charge < -0.3 is 9.84 Å². The molecule has 0 bridgehead atoms. The molecule has 1 atom stereocenters. The lowest BCUT2D eigenvalue weighted by molar-refractivity contribution is 0.0621. The molecule has 2 heteroatoms. The van der Waals surface area contributed by atoms with Crippen LogP contribution in [0, 0.1) is 5.92 Å². The fourth-order valence-electron chi connectivity index (χ4n) is 2.29. The van der Waals surface area contributed by atoms with E-state index in [1.807, 2.05) is 6.92 Å². The molecule has 0 saturated heterocycles. The van der Waals surface area contributed by atoms with E-state index >= 15 is 0 Å². The van der Waals surface area contributed by atoms with Crippen molar-refractivity contribution >= 4 is 0 Å². The van der Waals surface area contributed by atoms with Crippen molar-refractivity contribution in [3.63, 3.8) is 0 Å². The van der Waals surface area contributed by atoms with E-state index in [1.165, 1.54) is 32.1 Å². The molecule has 0 heterocycles. The van der Waals surface area contributed by atoms with Crippen LogP contribution < -0.4 is 0 Å². The van der Waals surface area contributed by atoms with Crippen molar-refractivity contribution in [2.45, 2.75) is 58.0 Å². The normalized spacial score (nSPS) is 21.0. The minimum Gasteiger partial charge on any atom is -0.393 e. The van der Waals surface area contributed by atoms with E-state index in [0.29, 0.717) is 5.92 Å². The molecule has 1 unspecified atom stereocenters. The zero-order valence-electron chi connectivity index (χ0n) is 9.37. The van der Waals surface area contributed by atoms with Crippen LogP contribution in [0.1, 0.15) is 51.9 Å². The molecule has 1 aliphatic carbocycles. The highest BCUT2D eigenvalue weighted by molar-refractivity contribution is 4.72. The number of hydrogen-bond acceptors (Lipinski definition) is 2. The number of hydrogen-bond donors (Lipinski definition) is 1. The molecular weight excluding hydrogens is 176 g/mol. The van der Waals surface area contributed by atoms with Gasteiger partial charge in [0.25, 0.3) is 0 Å². The summed E-state index contributed by atoms with van der Waals surface area (Å²) < 4.78 is 5.26. The number of rotatable bonds is 6. The molecular formula is C12H24O2. The van der Waals surface area contributed by atoms with E-state index in [0.717, 1.165) is 26.1 Å². The molecule has 1 saturated carbocycles. The highest BCUT2D eigenvalue weighted by atomic mass is 16.5. The number of ether oxygens (including phenoxy) is 1. The maximum absolute atomic E-state index is 9.92. The van der Waals surface area contributed by atoms with Gasteiger partial charge in [-0.05, 0) is 38.5 Å². The lowest BCUT2D eigenvalue weighted by atomic mass is 9.84. The van der Waals surface area contributed by atoms with E-state index < -0.39 is 0 Å². The van der Waals surface area contributed by atoms with Crippen LogP contribution in [-0.2, 0) is 4.74 Å². The van der Waals surface area contributed by atoms with Gasteiger partial charge in [0.15, 0.2) is 0 Å². The smallest absolute Gasteiger partial charge is 0.0569 e. The van der Waals surface area contributed by atoms with Crippen molar-refractivity contribution in [1.29, 1.82) is 0 Å². The van der Waals surface area contributed by atoms with Gasteiger partial charge in [-0.3, -0.25) is 0 Å². The lowest BCUT2D eigenvalue weighted by Gasteiger charge is -2.26. The maximum atomic E-state index is 9.92. The third-order valence-electron chi connectivity index (χ3n) is 3.19. The molecule has 84 valence electrons. The SMILES string of the molecule is CCOCCCC(O)C1CCCCC1. The second kappa shape index (κ2) is 7.24. The Balaban J connectivity index is 2.04. The Morgan fingerprint density at radius 3 is 2.64 bits per heavy atom. The zero-order valence-corrected chi connectivity index (χ0v) is 9.37. The van der Waals surface area contributed by atoms with Gasteiger partial charge in [-0.2, -0.15) is 0 Å². The standard InChI is InChI=1S/C12H24O2/c1-2-14-10-6-9-12(13)11-7-4-3-5-8-11/h11-13H,2-10H2,1H3. The molecule has 1 N–H and O–H groups in total. The van der Waals surface area contributed by atoms with Crippen molar-refractivity contribution in [3.05, 3.63) is 0 Å². The predicted molar refractivity (Wildman–Crippen MR) is 58.3 cm³/mol. The first kappa shape index (κ1) is 12.0. The van der Waals surface area contributed by atoms with E-state index in [-0.39, 0.29) is 6.10 Å². The summed E-state index contributed by atoms with van der Waals surface area (Å²) in [6.45, 7) is 3.61. The monoisotopic (exact) mass is 200 g/mol. The molecule has 2 nitrogen and oxygen atoms in total. The minimum absolute atomic E-state index is 0.0734. The van der Waals surface area contributed by atoms with Gasteiger partial charge in [-0.25, -0.2) is 0 Å². The topological polar surface area (TPSA) is 29.5 Å². The van der Waals surface area contributed by atoms with Gasteiger partial charge in [0.05, 0.1) is 6.10 Å². The lowest BCUT2D eigenvalue weighted by Crippen LogP contribution is -2.23. The van der Waals surface area contributed by atoms with Crippen LogP contribution in [0.2, 0.25) is 0 Å². The van der Waals surface area contributed by atoms with Crippen molar-refractivity contribution in [2.75, 3.05) is 13.2 Å². The molecule has 1 rings (SSSR count). The summed E-state index contributed by atoms with van der Waals surface area (Å²) in [5.74, 6) is 0.574. The average molecular weight is 200 g/mol. The molecule has 1 fully saturated rings. The van der Waals surface area contributed by atoms with Gasteiger partial charge in [0.2, 0.25) is 0 Å². The van der Waals surface area contributed by atoms with Crippen LogP contribution in [-0.4, -0.2) is 24.4 Å². The summed E-state index contributed by atoms with van der Waals surface area (Å²) in [5.41, 5.74) is 0. The van der Waals surface area contributed by atoms with Crippen LogP contribution in [0.15, 0.2) is 0 Å². The molecule has 0 amide bonds. The Morgan fingerprint density at radius 2 is 2.00 bits per heavy atom. The van der Waals surface area contributed by atoms with Crippen molar-refractivity contribution in [3.8, 4) is 0 Å². The van der Waals surface area contributed by atoms with Crippen molar-refractivity contribution in [1.82, 2.24) is 0 Å². The van der Waals surface area contributed by atoms with Crippen LogP contribution in [0.4, 0.5) is 0 Å². The van der Waals surface area contributed by atoms with Crippen LogP contribution in [0.3, 0.4) is 0 Å². The third kappa shape index (κ3) is 4.43. The molecule has 0 spiro atoms. The van der Waals surface area contributed by atoms with Gasteiger partial charge in [0, 0.05) is 13.2 Å². The van der Waals surface area contributed by atoms with Crippen LogP contribution >= 0.6 is 0 Å². The van der Waals surface area contributed by atoms with Gasteiger partial charge in [0.1, 0.15) is 0 Å². The van der Waals surface area contributed by atoms with Gasteiger partial charge >= 0.3 is 0 Å². The molecule has 0 aromatic carbocycles. The minimum atomic E-state index is -0.0734. The zero-order chi connectivity index (χ0) is 10.2. The van der Waals surface area contributed by atoms with Gasteiger partial charge in [-0.1, -0.05) is 19.3 Å². The average Bonchev–Trinajstić information content (AvgIpc) is 2.25. The van der Waals surface area contributed by atoms with Gasteiger partial charge in [-0.15, -0.1) is 0 Å². The quantitative estimate of drug-likeness (QED) is 0.668. The van der Waals surface area contributed by atoms with E-state index in [9.17, 15) is 5.11 Å². The fraction of sp³-hybridized carbons (Fsp3) is 1.00. The fourth-order valence-corrected chi connectivity index (χ4v) is 2.29. The first-order chi connectivity index (χ1) is 6.84. The maximum Gasteiger partial charge on any atom is 0.0569 e. The molecule has 0 aliphatic heterocycles. The summed E-state index contributed by atoms with van der Waals surface area (Å²) in [4.78, 5) is 0. The molecule has 1 aliphatic rings. The molecule has 14 heavy (non-hydrogen) atoms. The largest absolute Gasteiger partial charge is 0.393 e. The highest BCUT2D eigenvalue weighted by Gasteiger charge is 2.20. The van der Waals surface area contributed by atoms with Crippen LogP contribution in [0.5, 0.6) is 0 Å². The molecule has 0 aromatic rings. The van der Waals surface area contributed by atoms with E-state index in [2.05, 4.69) is 0 Å². The Morgan fingerprint density at radius 1 is 1.29 bits per heavy atom. The predicted octanol–water partition coefficient (Wildman–Crippen LogP) is 2.74. The van der Waals surface area contributed by atoms with Crippen molar-refractivity contribution in [2.24, 2.45) is 5.92 Å². The summed E-state index contributed by atoms with van der Waals surface area (Å²) in [6, 6.07) is 0. The Hall–Kier alpha value is -0.0800. The summed E-state index contributed by atoms with van der Waals surface area (Å²) in [5, 5.41) is 9.92. The number of aliphatic hydroxyl groups is 1. The highest BCUT2D eigenvalue weighted by Crippen LogP contribution is 2.28. The van der Waals surface area contributed by atoms with E-state index in [4.69, 9.17) is 4.74 Å². The molecule has 0 aromatic heterocycles. The molecule has 0 radical (unpaired) electrons. The summed E-state index contributed by atoms with van der Waals surface area (Å²) >= 11 is 0. The van der Waals surface area contributed by atoms with Crippen molar-refractivity contribution < 1.29 is 9.84 Å². The first-order valence-corrected chi connectivity index (χ1v) is 6.10. The Labute approximate surface area is 87.7 Å². The van der Waals surface area contributed by atoms with E-state index in [1.54, 1.807) is 0 Å². The summed E-state index contributed by atoms with van der Waals surface area (Å²) in [6.07, 6.45) is 8.31. The summed E-state index contributed by atoms with van der Waals surface area (Å²) in [7, 11) is 0. The third-order valence-corrected chi connectivity index (χ3v) is 3.19. The second-order valence-electron chi connectivity index (χ2n) is 4.30. The number of aliphatic hydroxyl groups excluding tert-OH is 1. The van der Waals surface area contributed by atoms with Crippen LogP contribution in [0.25, 0.3) is 0 Å². The Bertz CT molecular complexity index is 130.